The van der Waals surface area contributed by atoms with Gasteiger partial charge in [-0.15, -0.1) is 0 Å². The molecule has 3 rings (SSSR count). The molecule has 110 valence electrons. The highest BCUT2D eigenvalue weighted by molar-refractivity contribution is 6.36. The number of halogens is 2. The van der Waals surface area contributed by atoms with Crippen molar-refractivity contribution in [1.82, 2.24) is 0 Å². The number of benzene rings is 2. The van der Waals surface area contributed by atoms with Gasteiger partial charge in [0.25, 0.3) is 0 Å². The Bertz CT molecular complexity index is 622. The van der Waals surface area contributed by atoms with E-state index in [1.807, 2.05) is 18.2 Å². The molecule has 0 saturated heterocycles. The SMILES string of the molecule is NCC(c1c(Cl)cccc1Cl)N1CCCc2ccccc21. The summed E-state index contributed by atoms with van der Waals surface area (Å²) in [5.74, 6) is 0. The Kier molecular flexibility index (Phi) is 4.39. The number of rotatable bonds is 3. The molecule has 2 nitrogen and oxygen atoms in total. The first-order chi connectivity index (χ1) is 10.2. The second-order valence-electron chi connectivity index (χ2n) is 5.31. The van der Waals surface area contributed by atoms with E-state index in [2.05, 4.69) is 29.2 Å². The molecule has 0 fully saturated rings. The van der Waals surface area contributed by atoms with Crippen molar-refractivity contribution >= 4 is 28.9 Å². The third kappa shape index (κ3) is 2.76. The fourth-order valence-corrected chi connectivity index (χ4v) is 3.77. The van der Waals surface area contributed by atoms with Crippen LogP contribution in [0.15, 0.2) is 42.5 Å². The van der Waals surface area contributed by atoms with Crippen LogP contribution >= 0.6 is 23.2 Å². The summed E-state index contributed by atoms with van der Waals surface area (Å²) in [7, 11) is 0. The average Bonchev–Trinajstić information content (AvgIpc) is 2.51. The molecule has 21 heavy (non-hydrogen) atoms. The quantitative estimate of drug-likeness (QED) is 0.905. The van der Waals surface area contributed by atoms with E-state index in [1.165, 1.54) is 11.3 Å². The fraction of sp³-hybridized carbons (Fsp3) is 0.294. The lowest BCUT2D eigenvalue weighted by atomic mass is 9.97. The van der Waals surface area contributed by atoms with Gasteiger partial charge < -0.3 is 10.6 Å². The first-order valence-corrected chi connectivity index (χ1v) is 7.96. The molecule has 1 unspecified atom stereocenters. The van der Waals surface area contributed by atoms with Crippen LogP contribution in [0.25, 0.3) is 0 Å². The predicted octanol–water partition coefficient (Wildman–Crippen LogP) is 4.45. The Labute approximate surface area is 135 Å². The third-order valence-electron chi connectivity index (χ3n) is 4.08. The first-order valence-electron chi connectivity index (χ1n) is 7.21. The Hall–Kier alpha value is -1.22. The maximum absolute atomic E-state index is 6.38. The molecule has 0 amide bonds. The maximum atomic E-state index is 6.38. The van der Waals surface area contributed by atoms with E-state index in [-0.39, 0.29) is 6.04 Å². The molecule has 0 radical (unpaired) electrons. The second kappa shape index (κ2) is 6.27. The topological polar surface area (TPSA) is 29.3 Å². The molecule has 1 aliphatic rings. The van der Waals surface area contributed by atoms with Crippen molar-refractivity contribution in [1.29, 1.82) is 0 Å². The van der Waals surface area contributed by atoms with Gasteiger partial charge in [0, 0.05) is 34.4 Å². The lowest BCUT2D eigenvalue weighted by Gasteiger charge is -2.38. The van der Waals surface area contributed by atoms with Crippen molar-refractivity contribution in [3.63, 3.8) is 0 Å². The number of para-hydroxylation sites is 1. The Morgan fingerprint density at radius 1 is 1.05 bits per heavy atom. The van der Waals surface area contributed by atoms with Gasteiger partial charge in [-0.3, -0.25) is 0 Å². The van der Waals surface area contributed by atoms with Gasteiger partial charge in [0.05, 0.1) is 6.04 Å². The molecule has 0 bridgehead atoms. The van der Waals surface area contributed by atoms with Crippen molar-refractivity contribution in [2.75, 3.05) is 18.0 Å². The summed E-state index contributed by atoms with van der Waals surface area (Å²) in [4.78, 5) is 2.34. The van der Waals surface area contributed by atoms with Crippen LogP contribution in [0.3, 0.4) is 0 Å². The van der Waals surface area contributed by atoms with Crippen LogP contribution in [0, 0.1) is 0 Å². The number of anilines is 1. The van der Waals surface area contributed by atoms with Crippen LogP contribution < -0.4 is 10.6 Å². The van der Waals surface area contributed by atoms with Gasteiger partial charge >= 0.3 is 0 Å². The zero-order chi connectivity index (χ0) is 14.8. The lowest BCUT2D eigenvalue weighted by Crippen LogP contribution is -2.37. The van der Waals surface area contributed by atoms with Crippen molar-refractivity contribution in [3.05, 3.63) is 63.6 Å². The van der Waals surface area contributed by atoms with Crippen LogP contribution in [0.1, 0.15) is 23.6 Å². The molecule has 2 aromatic carbocycles. The van der Waals surface area contributed by atoms with E-state index in [9.17, 15) is 0 Å². The molecule has 4 heteroatoms. The van der Waals surface area contributed by atoms with Gasteiger partial charge in [0.2, 0.25) is 0 Å². The Morgan fingerprint density at radius 2 is 1.76 bits per heavy atom. The van der Waals surface area contributed by atoms with Gasteiger partial charge in [-0.05, 0) is 36.6 Å². The fourth-order valence-electron chi connectivity index (χ4n) is 3.12. The lowest BCUT2D eigenvalue weighted by molar-refractivity contribution is 0.588. The molecule has 2 N–H and O–H groups in total. The van der Waals surface area contributed by atoms with E-state index in [0.717, 1.165) is 24.9 Å². The summed E-state index contributed by atoms with van der Waals surface area (Å²) in [6, 6.07) is 14.1. The van der Waals surface area contributed by atoms with Crippen molar-refractivity contribution < 1.29 is 0 Å². The van der Waals surface area contributed by atoms with E-state index in [4.69, 9.17) is 28.9 Å². The Balaban J connectivity index is 2.06. The smallest absolute Gasteiger partial charge is 0.0694 e. The zero-order valence-electron chi connectivity index (χ0n) is 11.7. The van der Waals surface area contributed by atoms with Crippen LogP contribution in [0.2, 0.25) is 10.0 Å². The number of fused-ring (bicyclic) bond motifs is 1. The summed E-state index contributed by atoms with van der Waals surface area (Å²) in [6.45, 7) is 1.46. The van der Waals surface area contributed by atoms with Crippen LogP contribution in [-0.2, 0) is 6.42 Å². The number of nitrogens with zero attached hydrogens (tertiary/aromatic N) is 1. The first kappa shape index (κ1) is 14.7. The molecule has 0 saturated carbocycles. The van der Waals surface area contributed by atoms with Gasteiger partial charge in [-0.1, -0.05) is 47.5 Å². The maximum Gasteiger partial charge on any atom is 0.0694 e. The highest BCUT2D eigenvalue weighted by Gasteiger charge is 2.27. The molecule has 1 heterocycles. The van der Waals surface area contributed by atoms with E-state index in [0.29, 0.717) is 16.6 Å². The number of hydrogen-bond donors (Lipinski definition) is 1. The monoisotopic (exact) mass is 320 g/mol. The summed E-state index contributed by atoms with van der Waals surface area (Å²) >= 11 is 12.8. The van der Waals surface area contributed by atoms with Crippen LogP contribution in [0.4, 0.5) is 5.69 Å². The number of nitrogens with two attached hydrogens (primary N) is 1. The second-order valence-corrected chi connectivity index (χ2v) is 6.13. The van der Waals surface area contributed by atoms with E-state index in [1.54, 1.807) is 0 Å². The zero-order valence-corrected chi connectivity index (χ0v) is 13.2. The molecule has 0 spiro atoms. The summed E-state index contributed by atoms with van der Waals surface area (Å²) in [5, 5.41) is 1.36. The molecule has 0 aliphatic carbocycles. The van der Waals surface area contributed by atoms with Gasteiger partial charge in [-0.25, -0.2) is 0 Å². The molecular formula is C17H18Cl2N2. The van der Waals surface area contributed by atoms with E-state index >= 15 is 0 Å². The van der Waals surface area contributed by atoms with E-state index < -0.39 is 0 Å². The van der Waals surface area contributed by atoms with Crippen LogP contribution in [0.5, 0.6) is 0 Å². The minimum absolute atomic E-state index is 0.00708. The molecule has 1 atom stereocenters. The summed E-state index contributed by atoms with van der Waals surface area (Å²) < 4.78 is 0. The largest absolute Gasteiger partial charge is 0.363 e. The van der Waals surface area contributed by atoms with Gasteiger partial charge in [-0.2, -0.15) is 0 Å². The molecule has 2 aromatic rings. The van der Waals surface area contributed by atoms with Crippen molar-refractivity contribution in [2.24, 2.45) is 5.73 Å². The highest BCUT2D eigenvalue weighted by atomic mass is 35.5. The van der Waals surface area contributed by atoms with Gasteiger partial charge in [0.1, 0.15) is 0 Å². The highest BCUT2D eigenvalue weighted by Crippen LogP contribution is 2.38. The summed E-state index contributed by atoms with van der Waals surface area (Å²) in [5.41, 5.74) is 9.61. The number of aryl methyl sites for hydroxylation is 1. The molecule has 1 aliphatic heterocycles. The minimum Gasteiger partial charge on any atom is -0.363 e. The normalized spacial score (nSPS) is 15.7. The number of hydrogen-bond acceptors (Lipinski definition) is 2. The summed E-state index contributed by atoms with van der Waals surface area (Å²) in [6.07, 6.45) is 2.23. The Morgan fingerprint density at radius 3 is 2.48 bits per heavy atom. The third-order valence-corrected chi connectivity index (χ3v) is 4.74. The predicted molar refractivity (Wildman–Crippen MR) is 90.4 cm³/mol. The molecule has 0 aromatic heterocycles. The van der Waals surface area contributed by atoms with Crippen molar-refractivity contribution in [2.45, 2.75) is 18.9 Å². The standard InChI is InChI=1S/C17H18Cl2N2/c18-13-7-3-8-14(19)17(13)16(11-20)21-10-4-6-12-5-1-2-9-15(12)21/h1-3,5,7-9,16H,4,6,10-11,20H2. The molecular weight excluding hydrogens is 303 g/mol. The minimum atomic E-state index is 0.00708. The van der Waals surface area contributed by atoms with Gasteiger partial charge in [0.15, 0.2) is 0 Å². The van der Waals surface area contributed by atoms with Crippen molar-refractivity contribution in [3.8, 4) is 0 Å². The average molecular weight is 321 g/mol. The van der Waals surface area contributed by atoms with Crippen LogP contribution in [-0.4, -0.2) is 13.1 Å².